The fourth-order valence-electron chi connectivity index (χ4n) is 11.3. The Balaban J connectivity index is 1.33. The Morgan fingerprint density at radius 3 is 2.06 bits per heavy atom. The molecule has 2 heterocycles. The normalized spacial score (nSPS) is 18.7. The number of carboxylic acids is 2. The highest BCUT2D eigenvalue weighted by Crippen LogP contribution is 2.31. The third-order valence-electron chi connectivity index (χ3n) is 16.5. The standard InChI is InChI=1S/C61H94N8O13S/c1-13-39(6)54(47(81-11)34-50(71)68-31-20-23-46(68)55(82-12)40(7)56(73)63-45(61(79)80)33-42-21-16-14-17-22-42)67(10)59(76)52(37(2)3)64-57(74)53(38(4)5)65(8)32-29-41-25-27-43(28-26-41)66(9)49(70)24-18-15-19-30-69-51(72)35-48(58(69)75)83-36-44(62)60(77)78/h14,16-17,21-22,25-28,37-40,44-48,52-55H,13,15,18-20,23-24,29-36,62H2,1-12H3,(H,63,73)(H,64,74)(H,77,78)(H,79,80)/t39-,40+,44-,45-,46-,47+,48?,52-,53-,54-,55+/m0/s1. The molecule has 4 rings (SSSR count). The molecule has 2 saturated heterocycles. The van der Waals surface area contributed by atoms with Gasteiger partial charge in [0.05, 0.1) is 47.9 Å². The molecule has 0 aromatic heterocycles. The van der Waals surface area contributed by atoms with E-state index in [0.717, 1.165) is 28.6 Å². The summed E-state index contributed by atoms with van der Waals surface area (Å²) in [5.74, 6) is -5.66. The number of ether oxygens (including phenoxy) is 2. The zero-order valence-electron chi connectivity index (χ0n) is 50.9. The highest BCUT2D eigenvalue weighted by Gasteiger charge is 2.44. The van der Waals surface area contributed by atoms with Crippen LogP contribution in [0, 0.1) is 23.7 Å². The van der Waals surface area contributed by atoms with Gasteiger partial charge in [0.15, 0.2) is 0 Å². The van der Waals surface area contributed by atoms with Crippen LogP contribution < -0.4 is 21.3 Å². The van der Waals surface area contributed by atoms with Crippen molar-refractivity contribution < 1.29 is 62.8 Å². The van der Waals surface area contributed by atoms with Gasteiger partial charge < -0.3 is 50.8 Å². The van der Waals surface area contributed by atoms with Gasteiger partial charge in [0.2, 0.25) is 41.4 Å². The number of likely N-dealkylation sites (N-methyl/N-ethyl adjacent to an activating group) is 2. The van der Waals surface area contributed by atoms with Crippen LogP contribution in [0.15, 0.2) is 54.6 Å². The third-order valence-corrected chi connectivity index (χ3v) is 17.8. The summed E-state index contributed by atoms with van der Waals surface area (Å²) in [4.78, 5) is 127. The van der Waals surface area contributed by atoms with Crippen LogP contribution in [0.1, 0.15) is 117 Å². The van der Waals surface area contributed by atoms with Gasteiger partial charge in [-0.3, -0.25) is 48.2 Å². The van der Waals surface area contributed by atoms with E-state index < -0.39 is 77.5 Å². The molecule has 2 aliphatic rings. The van der Waals surface area contributed by atoms with Crippen molar-refractivity contribution in [2.45, 2.75) is 173 Å². The fraction of sp³-hybridized carbons (Fsp3) is 0.656. The first-order valence-electron chi connectivity index (χ1n) is 29.3. The number of rotatable bonds is 35. The molecule has 0 spiro atoms. The minimum absolute atomic E-state index is 0.0157. The molecule has 462 valence electrons. The second-order valence-corrected chi connectivity index (χ2v) is 24.3. The first-order valence-corrected chi connectivity index (χ1v) is 30.3. The van der Waals surface area contributed by atoms with Crippen molar-refractivity contribution in [3.05, 3.63) is 65.7 Å². The quantitative estimate of drug-likeness (QED) is 0.0456. The number of amides is 7. The number of carbonyl (C=O) groups is 9. The van der Waals surface area contributed by atoms with E-state index in [1.54, 1.807) is 60.0 Å². The molecule has 2 aliphatic heterocycles. The van der Waals surface area contributed by atoms with E-state index in [1.165, 1.54) is 19.1 Å². The van der Waals surface area contributed by atoms with Crippen LogP contribution in [0.25, 0.3) is 0 Å². The van der Waals surface area contributed by atoms with E-state index in [-0.39, 0.29) is 91.2 Å². The monoisotopic (exact) mass is 1180 g/mol. The molecule has 2 fully saturated rings. The maximum Gasteiger partial charge on any atom is 0.326 e. The number of hydrogen-bond donors (Lipinski definition) is 5. The van der Waals surface area contributed by atoms with Gasteiger partial charge in [-0.05, 0) is 80.2 Å². The Kier molecular flexibility index (Phi) is 28.1. The van der Waals surface area contributed by atoms with Gasteiger partial charge in [-0.15, -0.1) is 11.8 Å². The number of imide groups is 1. The van der Waals surface area contributed by atoms with Crippen molar-refractivity contribution in [3.8, 4) is 0 Å². The number of carboxylic acid groups (broad SMARTS) is 2. The number of carbonyl (C=O) groups excluding carboxylic acids is 7. The molecule has 2 aromatic rings. The number of nitrogens with two attached hydrogens (primary N) is 1. The molecule has 0 bridgehead atoms. The summed E-state index contributed by atoms with van der Waals surface area (Å²) in [6.45, 7) is 14.6. The van der Waals surface area contributed by atoms with Crippen molar-refractivity contribution in [1.29, 1.82) is 0 Å². The number of nitrogens with zero attached hydrogens (tertiary/aromatic N) is 5. The van der Waals surface area contributed by atoms with Gasteiger partial charge in [-0.25, -0.2) is 4.79 Å². The average molecular weight is 1180 g/mol. The maximum atomic E-state index is 14.8. The molecule has 11 atom stereocenters. The number of methoxy groups -OCH3 is 2. The van der Waals surface area contributed by atoms with E-state index in [0.29, 0.717) is 58.0 Å². The zero-order chi connectivity index (χ0) is 61.8. The van der Waals surface area contributed by atoms with Crippen molar-refractivity contribution in [1.82, 2.24) is 30.2 Å². The lowest BCUT2D eigenvalue weighted by atomic mass is 9.89. The molecular formula is C61H94N8O13S. The first-order chi connectivity index (χ1) is 39.3. The zero-order valence-corrected chi connectivity index (χ0v) is 51.7. The molecule has 2 aromatic carbocycles. The fourth-order valence-corrected chi connectivity index (χ4v) is 12.4. The molecule has 0 saturated carbocycles. The van der Waals surface area contributed by atoms with E-state index in [4.69, 9.17) is 20.3 Å². The molecule has 1 unspecified atom stereocenters. The third kappa shape index (κ3) is 19.6. The predicted octanol–water partition coefficient (Wildman–Crippen LogP) is 4.85. The van der Waals surface area contributed by atoms with E-state index in [9.17, 15) is 48.3 Å². The lowest BCUT2D eigenvalue weighted by molar-refractivity contribution is -0.148. The van der Waals surface area contributed by atoms with Crippen molar-refractivity contribution in [2.75, 3.05) is 65.6 Å². The summed E-state index contributed by atoms with van der Waals surface area (Å²) in [5, 5.41) is 24.2. The Morgan fingerprint density at radius 2 is 1.48 bits per heavy atom. The largest absolute Gasteiger partial charge is 0.480 e. The van der Waals surface area contributed by atoms with Gasteiger partial charge in [0, 0.05) is 78.7 Å². The summed E-state index contributed by atoms with van der Waals surface area (Å²) in [6, 6.07) is 11.9. The summed E-state index contributed by atoms with van der Waals surface area (Å²) in [5.41, 5.74) is 8.04. The molecular weight excluding hydrogens is 1080 g/mol. The number of aliphatic carboxylic acids is 2. The van der Waals surface area contributed by atoms with Gasteiger partial charge >= 0.3 is 11.9 Å². The van der Waals surface area contributed by atoms with Crippen LogP contribution in [0.2, 0.25) is 0 Å². The van der Waals surface area contributed by atoms with E-state index >= 15 is 0 Å². The molecule has 7 amide bonds. The SMILES string of the molecule is CC[C@H](C)[C@@H]([C@@H](CC(=O)N1CCC[C@H]1[C@H](OC)[C@@H](C)C(=O)N[C@@H](Cc1ccccc1)C(=O)O)OC)N(C)C(=O)[C@@H](NC(=O)[C@H](C(C)C)N(C)CCc1ccc(N(C)C(=O)CCCCCN2C(=O)CC(SC[C@H](N)C(=O)O)C2=O)cc1)C(C)C. The average Bonchev–Trinajstić information content (AvgIpc) is 4.14. The topological polar surface area (TPSA) is 279 Å². The predicted molar refractivity (Wildman–Crippen MR) is 319 cm³/mol. The second kappa shape index (κ2) is 33.5. The summed E-state index contributed by atoms with van der Waals surface area (Å²) in [7, 11) is 8.30. The highest BCUT2D eigenvalue weighted by molar-refractivity contribution is 8.00. The van der Waals surface area contributed by atoms with Crippen LogP contribution in [-0.4, -0.2) is 198 Å². The van der Waals surface area contributed by atoms with E-state index in [1.807, 2.05) is 83.8 Å². The summed E-state index contributed by atoms with van der Waals surface area (Å²) >= 11 is 1.08. The Morgan fingerprint density at radius 1 is 0.819 bits per heavy atom. The molecule has 83 heavy (non-hydrogen) atoms. The van der Waals surface area contributed by atoms with Crippen LogP contribution in [0.4, 0.5) is 5.69 Å². The Labute approximate surface area is 495 Å². The number of nitrogens with one attached hydrogen (secondary N) is 2. The molecule has 0 radical (unpaired) electrons. The lowest BCUT2D eigenvalue weighted by Crippen LogP contribution is -2.60. The molecule has 0 aliphatic carbocycles. The van der Waals surface area contributed by atoms with Crippen LogP contribution in [0.5, 0.6) is 0 Å². The molecule has 22 heteroatoms. The van der Waals surface area contributed by atoms with E-state index in [2.05, 4.69) is 10.6 Å². The van der Waals surface area contributed by atoms with Gasteiger partial charge in [0.25, 0.3) is 0 Å². The van der Waals surface area contributed by atoms with Crippen molar-refractivity contribution >= 4 is 70.7 Å². The number of thioether (sulfide) groups is 1. The van der Waals surface area contributed by atoms with Crippen LogP contribution in [0.3, 0.4) is 0 Å². The maximum absolute atomic E-state index is 14.8. The summed E-state index contributed by atoms with van der Waals surface area (Å²) < 4.78 is 12.0. The van der Waals surface area contributed by atoms with Crippen LogP contribution >= 0.6 is 11.8 Å². The van der Waals surface area contributed by atoms with Gasteiger partial charge in [-0.1, -0.05) is 104 Å². The van der Waals surface area contributed by atoms with Crippen molar-refractivity contribution in [2.24, 2.45) is 29.4 Å². The number of likely N-dealkylation sites (tertiary alicyclic amines) is 2. The van der Waals surface area contributed by atoms with Gasteiger partial charge in [-0.2, -0.15) is 0 Å². The number of hydrogen-bond acceptors (Lipinski definition) is 14. The minimum atomic E-state index is -1.16. The Bertz CT molecular complexity index is 2490. The molecule has 6 N–H and O–H groups in total. The molecule has 21 nitrogen and oxygen atoms in total. The van der Waals surface area contributed by atoms with Crippen molar-refractivity contribution in [3.63, 3.8) is 0 Å². The Hall–Kier alpha value is -5.94. The second-order valence-electron chi connectivity index (χ2n) is 23.1. The van der Waals surface area contributed by atoms with Gasteiger partial charge in [0.1, 0.15) is 18.1 Å². The smallest absolute Gasteiger partial charge is 0.326 e. The minimum Gasteiger partial charge on any atom is -0.480 e. The highest BCUT2D eigenvalue weighted by atomic mass is 32.2. The number of anilines is 1. The lowest BCUT2D eigenvalue weighted by Gasteiger charge is -2.41. The summed E-state index contributed by atoms with van der Waals surface area (Å²) in [6.07, 6.45) is 3.10. The first kappa shape index (κ1) is 69.6. The van der Waals surface area contributed by atoms with Crippen LogP contribution in [-0.2, 0) is 65.5 Å². The number of unbranched alkanes of at least 4 members (excludes halogenated alkanes) is 2. The number of benzene rings is 2.